The van der Waals surface area contributed by atoms with Crippen molar-refractivity contribution in [1.29, 1.82) is 0 Å². The zero-order valence-electron chi connectivity index (χ0n) is 73.6. The first kappa shape index (κ1) is 113. The van der Waals surface area contributed by atoms with Crippen molar-refractivity contribution >= 4 is 29.5 Å². The summed E-state index contributed by atoms with van der Waals surface area (Å²) in [5, 5.41) is 350. The van der Waals surface area contributed by atoms with Crippen molar-refractivity contribution in [3.63, 3.8) is 0 Å². The molecule has 0 aliphatic carbocycles. The Balaban J connectivity index is 0.992. The Labute approximate surface area is 775 Å². The number of ether oxygens (including phenoxy) is 21. The van der Waals surface area contributed by atoms with Crippen molar-refractivity contribution in [2.75, 3.05) is 72.7 Å². The molecule has 11 heterocycles. The molecule has 11 rings (SSSR count). The Morgan fingerprint density at radius 1 is 0.190 bits per heavy atom. The highest BCUT2D eigenvalue weighted by Gasteiger charge is 2.64. The van der Waals surface area contributed by atoms with Gasteiger partial charge in [0, 0.05) is 34.6 Å². The maximum atomic E-state index is 13.5. The van der Waals surface area contributed by atoms with Crippen LogP contribution in [0.3, 0.4) is 0 Å². The van der Waals surface area contributed by atoms with Gasteiger partial charge in [0.2, 0.25) is 29.5 Å². The van der Waals surface area contributed by atoms with Crippen molar-refractivity contribution in [2.45, 2.75) is 372 Å². The molecule has 0 bridgehead atoms. The van der Waals surface area contributed by atoms with Gasteiger partial charge in [-0.15, -0.1) is 0 Å². The number of rotatable bonds is 36. The SMILES string of the molecule is CC(=O)N[C@@H]1[C@@H](O)[C@H](O[C@@H]2O[C@H](CO)[C@@H](O[C@@H]3O[C@H](CO[C@H]4O[C@H](CO)[C@@H](O)[C@H](O)[C@@H]4O[C@@H]4O[C@H](CO)[C@@H](O[C@@H]5O[C@H](CO)[C@H](O)[C@H](O)[C@H]5O)[C@H](O)[C@H]4NC(C)=O)[C@@H](O)[C@H](O[C@H]4O[C@H](CO)[C@@H](O[C@@H]5O[C@H](CO)[C@@H](O[C@@H]6O[C@H](CO)[C@H](O)[C@H](O)[C@H]6O)[C@H](O)[C@H]5NC(C)=O)[C@H](O)[C@@H]4O[C@@H]4O[C@H](CO)[C@@H](O)[C@H](O[C@@H]5O[C@H](CO)[C@H](O)[C@H](O)[C@H]5O)[C@H]4NC(C)=O)[C@@H]3O)[C@H](O)[C@H]2NC(C)=O)[C@@H](CO)O[C@H]1O. The fraction of sp³-hybridized carbons (Fsp3) is 0.934. The first-order valence-corrected chi connectivity index (χ1v) is 43.7. The van der Waals surface area contributed by atoms with E-state index in [4.69, 9.17) is 99.5 Å². The summed E-state index contributed by atoms with van der Waals surface area (Å²) in [5.74, 6) is -4.92. The van der Waals surface area contributed by atoms with Crippen LogP contribution in [0.1, 0.15) is 34.6 Å². The molecule has 792 valence electrons. The number of nitrogens with one attached hydrogen (secondary N) is 5. The molecule has 11 saturated heterocycles. The third-order valence-electron chi connectivity index (χ3n) is 25.0. The normalized spacial score (nSPS) is 48.9. The second-order valence-electron chi connectivity index (χ2n) is 34.5. The van der Waals surface area contributed by atoms with Crippen LogP contribution >= 0.6 is 0 Å². The van der Waals surface area contributed by atoms with E-state index in [1.165, 1.54) is 0 Å². The third-order valence-corrected chi connectivity index (χ3v) is 25.0. The minimum Gasteiger partial charge on any atom is -0.394 e. The molecule has 11 aliphatic heterocycles. The number of carbonyl (C=O) groups excluding carboxylic acids is 5. The second kappa shape index (κ2) is 49.5. The van der Waals surface area contributed by atoms with Crippen LogP contribution in [-0.4, -0.2) is 593 Å². The highest BCUT2D eigenvalue weighted by Crippen LogP contribution is 2.43. The Morgan fingerprint density at radius 3 is 0.774 bits per heavy atom. The molecule has 5 amide bonds. The van der Waals surface area contributed by atoms with Gasteiger partial charge in [0.1, 0.15) is 268 Å². The van der Waals surface area contributed by atoms with Crippen LogP contribution in [0.15, 0.2) is 0 Å². The lowest BCUT2D eigenvalue weighted by Gasteiger charge is -2.52. The highest BCUT2D eigenvalue weighted by molar-refractivity contribution is 5.75. The number of aliphatic hydroxyl groups is 30. The fourth-order valence-electron chi connectivity index (χ4n) is 17.8. The van der Waals surface area contributed by atoms with Gasteiger partial charge < -0.3 is 279 Å². The van der Waals surface area contributed by atoms with Crippen LogP contribution in [0.4, 0.5) is 0 Å². The summed E-state index contributed by atoms with van der Waals surface area (Å²) in [6.45, 7) is -8.45. The number of aliphatic hydroxyl groups excluding tert-OH is 30. The predicted octanol–water partition coefficient (Wildman–Crippen LogP) is -24.3. The highest BCUT2D eigenvalue weighted by atomic mass is 16.8. The van der Waals surface area contributed by atoms with Crippen LogP contribution in [0.5, 0.6) is 0 Å². The van der Waals surface area contributed by atoms with Crippen molar-refractivity contribution in [3.8, 4) is 0 Å². The molecule has 55 atom stereocenters. The van der Waals surface area contributed by atoms with E-state index in [1.807, 2.05) is 0 Å². The predicted molar refractivity (Wildman–Crippen MR) is 420 cm³/mol. The summed E-state index contributed by atoms with van der Waals surface area (Å²) in [7, 11) is 0. The largest absolute Gasteiger partial charge is 0.394 e. The molecule has 35 N–H and O–H groups in total. The summed E-state index contributed by atoms with van der Waals surface area (Å²) < 4.78 is 127. The van der Waals surface area contributed by atoms with E-state index in [2.05, 4.69) is 26.6 Å². The first-order chi connectivity index (χ1) is 64.9. The van der Waals surface area contributed by atoms with Gasteiger partial charge in [-0.3, -0.25) is 24.0 Å². The van der Waals surface area contributed by atoms with Crippen molar-refractivity contribution in [2.24, 2.45) is 0 Å². The number of amides is 5. The molecule has 137 heavy (non-hydrogen) atoms. The summed E-state index contributed by atoms with van der Waals surface area (Å²) in [6.07, 6.45) is -109. The molecule has 61 nitrogen and oxygen atoms in total. The van der Waals surface area contributed by atoms with Gasteiger partial charge in [-0.05, 0) is 0 Å². The van der Waals surface area contributed by atoms with Crippen LogP contribution in [0, 0.1) is 0 Å². The van der Waals surface area contributed by atoms with E-state index in [0.717, 1.165) is 34.6 Å². The van der Waals surface area contributed by atoms with Gasteiger partial charge in [-0.25, -0.2) is 0 Å². The molecule has 0 saturated carbocycles. The molecule has 0 aromatic heterocycles. The van der Waals surface area contributed by atoms with Crippen LogP contribution in [0.2, 0.25) is 0 Å². The second-order valence-corrected chi connectivity index (χ2v) is 34.5. The Kier molecular flexibility index (Phi) is 40.7. The molecule has 0 aromatic carbocycles. The summed E-state index contributed by atoms with van der Waals surface area (Å²) in [4.78, 5) is 65.4. The van der Waals surface area contributed by atoms with Gasteiger partial charge in [0.05, 0.1) is 72.7 Å². The first-order valence-electron chi connectivity index (χ1n) is 43.7. The Morgan fingerprint density at radius 2 is 0.416 bits per heavy atom. The van der Waals surface area contributed by atoms with Gasteiger partial charge >= 0.3 is 0 Å². The van der Waals surface area contributed by atoms with E-state index in [0.29, 0.717) is 0 Å². The van der Waals surface area contributed by atoms with E-state index in [9.17, 15) is 177 Å². The van der Waals surface area contributed by atoms with E-state index < -0.39 is 440 Å². The zero-order chi connectivity index (χ0) is 101. The molecule has 11 aliphatic rings. The van der Waals surface area contributed by atoms with Crippen molar-refractivity contribution in [3.05, 3.63) is 0 Å². The zero-order valence-corrected chi connectivity index (χ0v) is 73.6. The molecule has 11 fully saturated rings. The van der Waals surface area contributed by atoms with Crippen LogP contribution in [-0.2, 0) is 123 Å². The lowest BCUT2D eigenvalue weighted by Crippen LogP contribution is -2.72. The monoisotopic (exact) mass is 2010 g/mol. The molecular formula is C76H127N5O56. The van der Waals surface area contributed by atoms with Gasteiger partial charge in [0.15, 0.2) is 69.2 Å². The lowest BCUT2D eigenvalue weighted by molar-refractivity contribution is -0.406. The maximum Gasteiger partial charge on any atom is 0.217 e. The number of hydrogen-bond donors (Lipinski definition) is 35. The molecule has 0 unspecified atom stereocenters. The maximum absolute atomic E-state index is 13.5. The van der Waals surface area contributed by atoms with Gasteiger partial charge in [-0.1, -0.05) is 0 Å². The lowest BCUT2D eigenvalue weighted by atomic mass is 9.93. The molecule has 0 aromatic rings. The quantitative estimate of drug-likeness (QED) is 0.0277. The molecule has 61 heteroatoms. The average Bonchev–Trinajstić information content (AvgIpc) is 0.760. The molecule has 0 radical (unpaired) electrons. The molecular weight excluding hydrogens is 1880 g/mol. The summed E-state index contributed by atoms with van der Waals surface area (Å²) in [6, 6.07) is -9.92. The van der Waals surface area contributed by atoms with Crippen molar-refractivity contribution in [1.82, 2.24) is 26.6 Å². The van der Waals surface area contributed by atoms with Crippen molar-refractivity contribution < 1.29 is 277 Å². The Bertz CT molecular complexity index is 3780. The minimum atomic E-state index is -2.76. The average molecular weight is 2010 g/mol. The minimum absolute atomic E-state index is 0.832. The third kappa shape index (κ3) is 25.0. The summed E-state index contributed by atoms with van der Waals surface area (Å²) in [5.41, 5.74) is 0. The van der Waals surface area contributed by atoms with Crippen LogP contribution < -0.4 is 26.6 Å². The van der Waals surface area contributed by atoms with Crippen LogP contribution in [0.25, 0.3) is 0 Å². The standard InChI is InChI=1S/C76H127N5O56/c1-17(92)77-33-44(103)57(27(11-87)118-66(33)116)129-67-34(78-18(2)93)46(105)60(30(14-90)124-67)133-74-56(115)63(43(102)32(128-74)16-117-75-64(51(110)41(100)25(9-85)123-75)136-69-36(80-20(4)95)47(106)59(29(13-89)126-69)132-72-53(112)49(108)39(98)23(7-83)121-72)135-76-65(137-70-37(81-21(5)96)62(42(101)26(10-86)119-70)134-73-54(113)50(109)40(99)24(8-84)122-73)55(114)61(31(15-91)127-76)130-68-35(79-19(3)94)45(104)58(28(12-88)125-68)131-71-52(111)48(107)38(97)22(6-82)120-71/h22-76,82-91,97-116H,6-16H2,1-5H3,(H,77,92)(H,78,93)(H,79,94)(H,80,95)(H,81,96)/t22-,23-,24-,25-,26-,27-,28-,29-,30-,31-,32-,33-,34-,35-,36-,37-,38+,39+,40+,41-,42-,43-,44-,45-,46-,47-,48+,49+,50+,51+,52-,53-,54-,55+,56+,57-,58-,59-,60-,61-,62-,63+,64+,65+,66-,67+,68+,69+,70+,71+,72+,73+,74+,75+,76-/m1/s1. The Hall–Kier alpha value is -4.69. The summed E-state index contributed by atoms with van der Waals surface area (Å²) >= 11 is 0. The van der Waals surface area contributed by atoms with E-state index in [1.54, 1.807) is 0 Å². The van der Waals surface area contributed by atoms with Gasteiger partial charge in [-0.2, -0.15) is 0 Å². The number of carbonyl (C=O) groups is 5. The topological polar surface area (TPSA) is 946 Å². The van der Waals surface area contributed by atoms with Gasteiger partial charge in [0.25, 0.3) is 0 Å². The fourth-order valence-corrected chi connectivity index (χ4v) is 17.8. The number of hydrogen-bond acceptors (Lipinski definition) is 56. The van der Waals surface area contributed by atoms with E-state index >= 15 is 0 Å². The molecule has 0 spiro atoms. The van der Waals surface area contributed by atoms with E-state index in [-0.39, 0.29) is 0 Å². The smallest absolute Gasteiger partial charge is 0.217 e.